The van der Waals surface area contributed by atoms with E-state index in [2.05, 4.69) is 16.5 Å². The third-order valence-electron chi connectivity index (χ3n) is 1.87. The summed E-state index contributed by atoms with van der Waals surface area (Å²) in [5.74, 6) is 0.975. The Morgan fingerprint density at radius 1 is 1.25 bits per heavy atom. The van der Waals surface area contributed by atoms with E-state index >= 15 is 0 Å². The maximum Gasteiger partial charge on any atom is 0.213 e. The molecule has 0 spiro atoms. The molecule has 2 aromatic rings. The molecule has 0 saturated carbocycles. The molecule has 3 nitrogen and oxygen atoms in total. The highest BCUT2D eigenvalue weighted by molar-refractivity contribution is 5.15. The largest absolute Gasteiger partial charge is 0.317 e. The van der Waals surface area contributed by atoms with Crippen molar-refractivity contribution in [1.29, 1.82) is 0 Å². The van der Waals surface area contributed by atoms with Crippen LogP contribution in [0, 0.1) is 0 Å². The van der Waals surface area contributed by atoms with Crippen LogP contribution in [0.1, 0.15) is 6.92 Å². The van der Waals surface area contributed by atoms with Gasteiger partial charge in [0.15, 0.2) is 0 Å². The fourth-order valence-corrected chi connectivity index (χ4v) is 1.25. The van der Waals surface area contributed by atoms with Gasteiger partial charge in [0.2, 0.25) is 5.95 Å². The van der Waals surface area contributed by atoms with Crippen molar-refractivity contribution in [3.8, 4) is 5.95 Å². The summed E-state index contributed by atoms with van der Waals surface area (Å²) >= 11 is 0. The van der Waals surface area contributed by atoms with E-state index in [-0.39, 0.29) is 0 Å². The van der Waals surface area contributed by atoms with Gasteiger partial charge in [-0.15, -0.1) is 0 Å². The Kier molecular flexibility index (Phi) is 1.70. The second kappa shape index (κ2) is 2.85. The number of nitrogens with zero attached hydrogens (tertiary/aromatic N) is 3. The van der Waals surface area contributed by atoms with E-state index in [1.807, 2.05) is 41.5 Å². The first-order chi connectivity index (χ1) is 5.92. The second-order valence-electron chi connectivity index (χ2n) is 2.60. The zero-order valence-corrected chi connectivity index (χ0v) is 7.01. The van der Waals surface area contributed by atoms with Gasteiger partial charge in [-0.2, -0.15) is 0 Å². The molecule has 2 heterocycles. The van der Waals surface area contributed by atoms with Gasteiger partial charge in [-0.25, -0.2) is 4.98 Å². The van der Waals surface area contributed by atoms with Crippen molar-refractivity contribution in [2.24, 2.45) is 0 Å². The lowest BCUT2D eigenvalue weighted by molar-refractivity contribution is 0.721. The minimum Gasteiger partial charge on any atom is -0.317 e. The fourth-order valence-electron chi connectivity index (χ4n) is 1.25. The van der Waals surface area contributed by atoms with Crippen molar-refractivity contribution in [3.63, 3.8) is 0 Å². The second-order valence-corrected chi connectivity index (χ2v) is 2.60. The summed E-state index contributed by atoms with van der Waals surface area (Å²) in [7, 11) is 0. The quantitative estimate of drug-likeness (QED) is 0.657. The summed E-state index contributed by atoms with van der Waals surface area (Å²) < 4.78 is 4.10. The van der Waals surface area contributed by atoms with Crippen LogP contribution in [0.2, 0.25) is 0 Å². The number of aryl methyl sites for hydroxylation is 1. The molecule has 0 saturated heterocycles. The van der Waals surface area contributed by atoms with Gasteiger partial charge < -0.3 is 4.57 Å². The number of hydrogen-bond donors (Lipinski definition) is 0. The lowest BCUT2D eigenvalue weighted by Gasteiger charge is -2.03. The Morgan fingerprint density at radius 2 is 2.00 bits per heavy atom. The summed E-state index contributed by atoms with van der Waals surface area (Å²) in [6.45, 7) is 3.06. The highest BCUT2D eigenvalue weighted by Gasteiger charge is 2.00. The maximum atomic E-state index is 4.26. The molecular formula is C9H11N3. The Balaban J connectivity index is 2.46. The SMILES string of the molecule is CCn1ccnc1-n1cccc1. The summed E-state index contributed by atoms with van der Waals surface area (Å²) in [6.07, 6.45) is 7.79. The number of hydrogen-bond acceptors (Lipinski definition) is 1. The molecule has 0 aromatic carbocycles. The molecule has 0 N–H and O–H groups in total. The normalized spacial score (nSPS) is 10.4. The standard InChI is InChI=1S/C9H11N3/c1-2-11-8-5-10-9(11)12-6-3-4-7-12/h3-8H,2H2,1H3. The lowest BCUT2D eigenvalue weighted by atomic mass is 10.7. The average molecular weight is 161 g/mol. The van der Waals surface area contributed by atoms with Crippen LogP contribution in [0.5, 0.6) is 0 Å². The minimum absolute atomic E-state index is 0.952. The topological polar surface area (TPSA) is 22.8 Å². The molecular weight excluding hydrogens is 150 g/mol. The molecule has 0 fully saturated rings. The van der Waals surface area contributed by atoms with E-state index < -0.39 is 0 Å². The number of rotatable bonds is 2. The van der Waals surface area contributed by atoms with E-state index in [1.54, 1.807) is 0 Å². The van der Waals surface area contributed by atoms with Gasteiger partial charge in [-0.05, 0) is 19.1 Å². The summed E-state index contributed by atoms with van der Waals surface area (Å²) in [5.41, 5.74) is 0. The monoisotopic (exact) mass is 161 g/mol. The van der Waals surface area contributed by atoms with Crippen molar-refractivity contribution in [2.75, 3.05) is 0 Å². The molecule has 0 atom stereocenters. The summed E-state index contributed by atoms with van der Waals surface area (Å²) in [5, 5.41) is 0. The molecule has 2 aromatic heterocycles. The smallest absolute Gasteiger partial charge is 0.213 e. The van der Waals surface area contributed by atoms with Crippen LogP contribution in [0.25, 0.3) is 5.95 Å². The van der Waals surface area contributed by atoms with Gasteiger partial charge in [0.1, 0.15) is 0 Å². The van der Waals surface area contributed by atoms with Crippen molar-refractivity contribution >= 4 is 0 Å². The molecule has 0 amide bonds. The van der Waals surface area contributed by atoms with Gasteiger partial charge in [-0.3, -0.25) is 4.57 Å². The van der Waals surface area contributed by atoms with Crippen LogP contribution in [-0.4, -0.2) is 14.1 Å². The highest BCUT2D eigenvalue weighted by atomic mass is 15.2. The zero-order valence-electron chi connectivity index (χ0n) is 7.01. The lowest BCUT2D eigenvalue weighted by Crippen LogP contribution is -2.02. The predicted octanol–water partition coefficient (Wildman–Crippen LogP) is 1.69. The molecule has 0 aliphatic carbocycles. The molecule has 0 aliphatic rings. The van der Waals surface area contributed by atoms with Gasteiger partial charge in [0.25, 0.3) is 0 Å². The third kappa shape index (κ3) is 1.03. The molecule has 0 radical (unpaired) electrons. The van der Waals surface area contributed by atoms with E-state index in [0.717, 1.165) is 12.5 Å². The van der Waals surface area contributed by atoms with Gasteiger partial charge in [0.05, 0.1) is 0 Å². The van der Waals surface area contributed by atoms with E-state index in [1.165, 1.54) is 0 Å². The average Bonchev–Trinajstić information content (AvgIpc) is 2.74. The van der Waals surface area contributed by atoms with Crippen molar-refractivity contribution in [2.45, 2.75) is 13.5 Å². The minimum atomic E-state index is 0.952. The zero-order chi connectivity index (χ0) is 8.39. The molecule has 12 heavy (non-hydrogen) atoms. The Labute approximate surface area is 71.3 Å². The van der Waals surface area contributed by atoms with Gasteiger partial charge >= 0.3 is 0 Å². The maximum absolute atomic E-state index is 4.26. The molecule has 62 valence electrons. The van der Waals surface area contributed by atoms with Crippen molar-refractivity contribution in [1.82, 2.24) is 14.1 Å². The first kappa shape index (κ1) is 7.16. The van der Waals surface area contributed by atoms with Crippen LogP contribution >= 0.6 is 0 Å². The van der Waals surface area contributed by atoms with Crippen LogP contribution in [0.3, 0.4) is 0 Å². The summed E-state index contributed by atoms with van der Waals surface area (Å²) in [6, 6.07) is 3.99. The molecule has 0 aliphatic heterocycles. The van der Waals surface area contributed by atoms with E-state index in [4.69, 9.17) is 0 Å². The molecule has 3 heteroatoms. The number of aromatic nitrogens is 3. The van der Waals surface area contributed by atoms with Crippen LogP contribution in [-0.2, 0) is 6.54 Å². The highest BCUT2D eigenvalue weighted by Crippen LogP contribution is 2.04. The van der Waals surface area contributed by atoms with Gasteiger partial charge in [0, 0.05) is 31.3 Å². The Bertz CT molecular complexity index is 345. The third-order valence-corrected chi connectivity index (χ3v) is 1.87. The van der Waals surface area contributed by atoms with Crippen molar-refractivity contribution in [3.05, 3.63) is 36.9 Å². The summed E-state index contributed by atoms with van der Waals surface area (Å²) in [4.78, 5) is 4.26. The van der Waals surface area contributed by atoms with Crippen LogP contribution < -0.4 is 0 Å². The Hall–Kier alpha value is -1.51. The Morgan fingerprint density at radius 3 is 2.67 bits per heavy atom. The number of imidazole rings is 1. The predicted molar refractivity (Wildman–Crippen MR) is 47.2 cm³/mol. The molecule has 0 unspecified atom stereocenters. The molecule has 2 rings (SSSR count). The first-order valence-electron chi connectivity index (χ1n) is 4.06. The van der Waals surface area contributed by atoms with Crippen molar-refractivity contribution < 1.29 is 0 Å². The van der Waals surface area contributed by atoms with E-state index in [0.29, 0.717) is 0 Å². The fraction of sp³-hybridized carbons (Fsp3) is 0.222. The van der Waals surface area contributed by atoms with Crippen LogP contribution in [0.15, 0.2) is 36.9 Å². The van der Waals surface area contributed by atoms with E-state index in [9.17, 15) is 0 Å². The first-order valence-corrected chi connectivity index (χ1v) is 4.06. The van der Waals surface area contributed by atoms with Crippen LogP contribution in [0.4, 0.5) is 0 Å². The molecule has 0 bridgehead atoms. The van der Waals surface area contributed by atoms with Gasteiger partial charge in [-0.1, -0.05) is 0 Å².